The Kier molecular flexibility index (Phi) is 6.10. The van der Waals surface area contributed by atoms with Crippen molar-refractivity contribution in [2.45, 2.75) is 70.6 Å². The van der Waals surface area contributed by atoms with E-state index in [1.807, 2.05) is 17.1 Å². The van der Waals surface area contributed by atoms with Gasteiger partial charge in [0.15, 0.2) is 0 Å². The molecule has 1 aromatic carbocycles. The van der Waals surface area contributed by atoms with Gasteiger partial charge in [0.1, 0.15) is 0 Å². The van der Waals surface area contributed by atoms with Crippen molar-refractivity contribution in [1.29, 1.82) is 0 Å². The van der Waals surface area contributed by atoms with Crippen LogP contribution in [0.4, 0.5) is 0 Å². The number of nitrogens with zero attached hydrogens (tertiary/aromatic N) is 1. The first-order chi connectivity index (χ1) is 13.8. The normalized spacial score (nSPS) is 26.9. The van der Waals surface area contributed by atoms with Crippen molar-refractivity contribution in [3.05, 3.63) is 45.9 Å². The summed E-state index contributed by atoms with van der Waals surface area (Å²) in [6.45, 7) is 6.14. The van der Waals surface area contributed by atoms with Gasteiger partial charge >= 0.3 is 5.97 Å². The standard InChI is InChI=1S/C24H34N2O2S/c1-24(2)12-11-20-19(13-24)21(23(27)28)22(29-20)18-10-6-5-9-17(18)15-26(25)14-16-7-3-4-8-16/h5-6,9-10,16,21-22H,3-4,7-8,11-15,25H2,1-2H3,(H,27,28). The summed E-state index contributed by atoms with van der Waals surface area (Å²) in [6.07, 6.45) is 8.25. The fraction of sp³-hybridized carbons (Fsp3) is 0.625. The second kappa shape index (κ2) is 8.44. The predicted molar refractivity (Wildman–Crippen MR) is 119 cm³/mol. The van der Waals surface area contributed by atoms with Gasteiger partial charge in [-0.3, -0.25) is 10.6 Å². The number of nitrogens with two attached hydrogens (primary N) is 1. The number of thioether (sulfide) groups is 1. The number of carboxylic acids is 1. The SMILES string of the molecule is CC1(C)CCC2=C(C1)C(C(=O)O)C(c1ccccc1CN(N)CC1CCCC1)S2. The van der Waals surface area contributed by atoms with Gasteiger partial charge in [0.2, 0.25) is 0 Å². The van der Waals surface area contributed by atoms with Crippen molar-refractivity contribution in [2.75, 3.05) is 6.54 Å². The topological polar surface area (TPSA) is 66.6 Å². The molecular weight excluding hydrogens is 380 g/mol. The van der Waals surface area contributed by atoms with Crippen LogP contribution in [0.15, 0.2) is 34.7 Å². The molecular formula is C24H34N2O2S. The number of carboxylic acid groups (broad SMARTS) is 1. The molecule has 2 unspecified atom stereocenters. The average Bonchev–Trinajstić information content (AvgIpc) is 3.28. The molecule has 1 saturated carbocycles. The van der Waals surface area contributed by atoms with E-state index in [4.69, 9.17) is 5.84 Å². The van der Waals surface area contributed by atoms with Crippen LogP contribution in [0, 0.1) is 17.3 Å². The Labute approximate surface area is 178 Å². The first-order valence-electron chi connectivity index (χ1n) is 11.0. The maximum absolute atomic E-state index is 12.3. The Morgan fingerprint density at radius 1 is 1.28 bits per heavy atom. The van der Waals surface area contributed by atoms with Gasteiger partial charge in [-0.25, -0.2) is 5.01 Å². The van der Waals surface area contributed by atoms with Gasteiger partial charge in [0.25, 0.3) is 0 Å². The fourth-order valence-electron chi connectivity index (χ4n) is 5.42. The quantitative estimate of drug-likeness (QED) is 0.475. The van der Waals surface area contributed by atoms with Crippen molar-refractivity contribution >= 4 is 17.7 Å². The van der Waals surface area contributed by atoms with Crippen LogP contribution >= 0.6 is 11.8 Å². The Morgan fingerprint density at radius 2 is 2.00 bits per heavy atom. The van der Waals surface area contributed by atoms with Gasteiger partial charge in [0.05, 0.1) is 11.2 Å². The van der Waals surface area contributed by atoms with Crippen LogP contribution < -0.4 is 5.84 Å². The third kappa shape index (κ3) is 4.57. The predicted octanol–water partition coefficient (Wildman–Crippen LogP) is 5.51. The molecule has 0 bridgehead atoms. The number of benzene rings is 1. The van der Waals surface area contributed by atoms with E-state index >= 15 is 0 Å². The molecule has 2 aliphatic carbocycles. The van der Waals surface area contributed by atoms with Gasteiger partial charge in [-0.2, -0.15) is 0 Å². The maximum atomic E-state index is 12.3. The molecule has 4 nitrogen and oxygen atoms in total. The van der Waals surface area contributed by atoms with Gasteiger partial charge in [-0.15, -0.1) is 11.8 Å². The van der Waals surface area contributed by atoms with E-state index in [0.717, 1.165) is 31.4 Å². The lowest BCUT2D eigenvalue weighted by Crippen LogP contribution is -2.35. The number of hydrogen-bond donors (Lipinski definition) is 2. The summed E-state index contributed by atoms with van der Waals surface area (Å²) < 4.78 is 0. The first-order valence-corrected chi connectivity index (χ1v) is 11.9. The molecule has 0 saturated heterocycles. The van der Waals surface area contributed by atoms with Crippen molar-refractivity contribution in [3.63, 3.8) is 0 Å². The first kappa shape index (κ1) is 21.0. The smallest absolute Gasteiger partial charge is 0.312 e. The third-order valence-corrected chi connectivity index (χ3v) is 8.50. The van der Waals surface area contributed by atoms with Crippen LogP contribution in [0.2, 0.25) is 0 Å². The minimum atomic E-state index is -0.685. The van der Waals surface area contributed by atoms with E-state index in [-0.39, 0.29) is 10.7 Å². The highest BCUT2D eigenvalue weighted by Gasteiger charge is 2.45. The molecule has 4 rings (SSSR count). The lowest BCUT2D eigenvalue weighted by atomic mass is 9.73. The lowest BCUT2D eigenvalue weighted by Gasteiger charge is -2.31. The van der Waals surface area contributed by atoms with E-state index in [1.165, 1.54) is 41.7 Å². The van der Waals surface area contributed by atoms with Gasteiger partial charge in [-0.05, 0) is 65.0 Å². The Hall–Kier alpha value is -1.30. The molecule has 1 fully saturated rings. The van der Waals surface area contributed by atoms with Crippen LogP contribution in [0.1, 0.15) is 75.2 Å². The zero-order chi connectivity index (χ0) is 20.6. The number of aliphatic carboxylic acids is 1. The molecule has 158 valence electrons. The Bertz CT molecular complexity index is 798. The Balaban J connectivity index is 1.56. The summed E-state index contributed by atoms with van der Waals surface area (Å²) in [5, 5.41) is 12.0. The molecule has 3 N–H and O–H groups in total. The molecule has 1 aliphatic heterocycles. The van der Waals surface area contributed by atoms with E-state index < -0.39 is 11.9 Å². The van der Waals surface area contributed by atoms with Crippen molar-refractivity contribution in [1.82, 2.24) is 5.01 Å². The summed E-state index contributed by atoms with van der Waals surface area (Å²) in [4.78, 5) is 13.7. The largest absolute Gasteiger partial charge is 0.481 e. The fourth-order valence-corrected chi connectivity index (χ4v) is 7.07. The second-order valence-corrected chi connectivity index (χ2v) is 11.2. The van der Waals surface area contributed by atoms with E-state index in [0.29, 0.717) is 12.5 Å². The number of carbonyl (C=O) groups is 1. The highest BCUT2D eigenvalue weighted by Crippen LogP contribution is 2.59. The molecule has 0 amide bonds. The molecule has 0 spiro atoms. The van der Waals surface area contributed by atoms with Gasteiger partial charge in [-0.1, -0.05) is 51.0 Å². The number of hydrazine groups is 1. The van der Waals surface area contributed by atoms with Gasteiger partial charge < -0.3 is 5.11 Å². The highest BCUT2D eigenvalue weighted by molar-refractivity contribution is 8.03. The van der Waals surface area contributed by atoms with E-state index in [2.05, 4.69) is 26.0 Å². The molecule has 0 aromatic heterocycles. The van der Waals surface area contributed by atoms with E-state index in [1.54, 1.807) is 11.8 Å². The zero-order valence-electron chi connectivity index (χ0n) is 17.7. The minimum absolute atomic E-state index is 0.0394. The monoisotopic (exact) mass is 414 g/mol. The molecule has 0 radical (unpaired) electrons. The third-order valence-electron chi connectivity index (χ3n) is 6.97. The summed E-state index contributed by atoms with van der Waals surface area (Å²) in [7, 11) is 0. The van der Waals surface area contributed by atoms with Gasteiger partial charge in [0, 0.05) is 13.1 Å². The number of allylic oxidation sites excluding steroid dienone is 1. The lowest BCUT2D eigenvalue weighted by molar-refractivity contribution is -0.140. The van der Waals surface area contributed by atoms with Crippen molar-refractivity contribution in [2.24, 2.45) is 23.1 Å². The maximum Gasteiger partial charge on any atom is 0.312 e. The zero-order valence-corrected chi connectivity index (χ0v) is 18.5. The molecule has 1 heterocycles. The molecule has 2 atom stereocenters. The summed E-state index contributed by atoms with van der Waals surface area (Å²) in [5.74, 6) is 6.00. The van der Waals surface area contributed by atoms with Crippen LogP contribution in [0.3, 0.4) is 0 Å². The van der Waals surface area contributed by atoms with Crippen molar-refractivity contribution < 1.29 is 9.90 Å². The second-order valence-electron chi connectivity index (χ2n) is 9.92. The summed E-state index contributed by atoms with van der Waals surface area (Å²) >= 11 is 1.80. The van der Waals surface area contributed by atoms with Crippen LogP contribution in [-0.2, 0) is 11.3 Å². The van der Waals surface area contributed by atoms with Crippen LogP contribution in [-0.4, -0.2) is 22.6 Å². The van der Waals surface area contributed by atoms with Crippen molar-refractivity contribution in [3.8, 4) is 0 Å². The minimum Gasteiger partial charge on any atom is -0.481 e. The molecule has 5 heteroatoms. The van der Waals surface area contributed by atoms with E-state index in [9.17, 15) is 9.90 Å². The molecule has 29 heavy (non-hydrogen) atoms. The summed E-state index contributed by atoms with van der Waals surface area (Å²) in [6, 6.07) is 8.34. The molecule has 3 aliphatic rings. The average molecular weight is 415 g/mol. The Morgan fingerprint density at radius 3 is 2.72 bits per heavy atom. The van der Waals surface area contributed by atoms with Crippen LogP contribution in [0.25, 0.3) is 0 Å². The van der Waals surface area contributed by atoms with Crippen LogP contribution in [0.5, 0.6) is 0 Å². The number of rotatable bonds is 6. The molecule has 1 aromatic rings. The highest BCUT2D eigenvalue weighted by atomic mass is 32.2. The number of hydrogen-bond acceptors (Lipinski definition) is 4. The summed E-state index contributed by atoms with van der Waals surface area (Å²) in [5.41, 5.74) is 3.69.